The van der Waals surface area contributed by atoms with Crippen LogP contribution < -0.4 is 5.32 Å². The summed E-state index contributed by atoms with van der Waals surface area (Å²) in [5, 5.41) is 13.2. The van der Waals surface area contributed by atoms with Crippen molar-refractivity contribution in [2.24, 2.45) is 0 Å². The van der Waals surface area contributed by atoms with E-state index in [1.165, 1.54) is 11.8 Å². The van der Waals surface area contributed by atoms with Gasteiger partial charge in [0.05, 0.1) is 6.10 Å². The molecular formula is C9H13N3OS. The van der Waals surface area contributed by atoms with Crippen LogP contribution in [0.1, 0.15) is 12.8 Å². The molecule has 1 fully saturated rings. The maximum Gasteiger partial charge on any atom is 0.189 e. The molecule has 0 unspecified atom stereocenters. The van der Waals surface area contributed by atoms with E-state index in [1.54, 1.807) is 6.20 Å². The maximum atomic E-state index is 9.12. The number of nitrogens with one attached hydrogen (secondary N) is 1. The summed E-state index contributed by atoms with van der Waals surface area (Å²) in [6, 6.07) is 2.22. The Labute approximate surface area is 87.2 Å². The van der Waals surface area contributed by atoms with Gasteiger partial charge < -0.3 is 10.4 Å². The van der Waals surface area contributed by atoms with Gasteiger partial charge in [0, 0.05) is 12.2 Å². The molecular weight excluding hydrogens is 198 g/mol. The first-order valence-corrected chi connectivity index (χ1v) is 5.82. The summed E-state index contributed by atoms with van der Waals surface area (Å²) in [6.45, 7) is 0. The van der Waals surface area contributed by atoms with Gasteiger partial charge in [-0.05, 0) is 25.2 Å². The molecule has 0 radical (unpaired) electrons. The topological polar surface area (TPSA) is 58.0 Å². The number of thioether (sulfide) groups is 1. The SMILES string of the molecule is CSc1nccc(NC2CC(O)C2)n1. The molecule has 1 aromatic rings. The van der Waals surface area contributed by atoms with Crippen LogP contribution in [0.4, 0.5) is 5.82 Å². The fourth-order valence-electron chi connectivity index (χ4n) is 1.43. The van der Waals surface area contributed by atoms with Crippen LogP contribution in [0.3, 0.4) is 0 Å². The fraction of sp³-hybridized carbons (Fsp3) is 0.556. The van der Waals surface area contributed by atoms with Crippen LogP contribution in [0.5, 0.6) is 0 Å². The van der Waals surface area contributed by atoms with Gasteiger partial charge in [-0.3, -0.25) is 0 Å². The number of rotatable bonds is 3. The highest BCUT2D eigenvalue weighted by atomic mass is 32.2. The lowest BCUT2D eigenvalue weighted by Crippen LogP contribution is -2.39. The van der Waals surface area contributed by atoms with Crippen molar-refractivity contribution in [2.75, 3.05) is 11.6 Å². The first-order valence-electron chi connectivity index (χ1n) is 4.59. The molecule has 5 heteroatoms. The number of hydrogen-bond acceptors (Lipinski definition) is 5. The Morgan fingerprint density at radius 1 is 1.57 bits per heavy atom. The minimum absolute atomic E-state index is 0.130. The number of aromatic nitrogens is 2. The van der Waals surface area contributed by atoms with Crippen molar-refractivity contribution >= 4 is 17.6 Å². The standard InChI is InChI=1S/C9H13N3OS/c1-14-9-10-3-2-8(12-9)11-6-4-7(13)5-6/h2-3,6-7,13H,4-5H2,1H3,(H,10,11,12). The number of nitrogens with zero attached hydrogens (tertiary/aromatic N) is 2. The predicted octanol–water partition coefficient (Wildman–Crippen LogP) is 1.13. The molecule has 2 rings (SSSR count). The third kappa shape index (κ3) is 2.16. The molecule has 0 bridgehead atoms. The van der Waals surface area contributed by atoms with Crippen LogP contribution in [-0.4, -0.2) is 33.5 Å². The Morgan fingerprint density at radius 2 is 2.36 bits per heavy atom. The third-order valence-corrected chi connectivity index (χ3v) is 2.84. The van der Waals surface area contributed by atoms with Crippen molar-refractivity contribution in [3.63, 3.8) is 0 Å². The second kappa shape index (κ2) is 4.14. The summed E-state index contributed by atoms with van der Waals surface area (Å²) in [6.07, 6.45) is 5.20. The maximum absolute atomic E-state index is 9.12. The highest BCUT2D eigenvalue weighted by Crippen LogP contribution is 2.23. The summed E-state index contributed by atoms with van der Waals surface area (Å²) in [5.74, 6) is 0.848. The molecule has 0 amide bonds. The smallest absolute Gasteiger partial charge is 0.189 e. The van der Waals surface area contributed by atoms with Gasteiger partial charge in [-0.1, -0.05) is 11.8 Å². The van der Waals surface area contributed by atoms with Crippen molar-refractivity contribution in [3.05, 3.63) is 12.3 Å². The van der Waals surface area contributed by atoms with Gasteiger partial charge in [-0.25, -0.2) is 9.97 Å². The summed E-state index contributed by atoms with van der Waals surface area (Å²) >= 11 is 1.52. The zero-order valence-electron chi connectivity index (χ0n) is 7.97. The van der Waals surface area contributed by atoms with E-state index in [9.17, 15) is 0 Å². The Hall–Kier alpha value is -0.810. The molecule has 0 spiro atoms. The Morgan fingerprint density at radius 3 is 3.00 bits per heavy atom. The van der Waals surface area contributed by atoms with Crippen molar-refractivity contribution < 1.29 is 5.11 Å². The molecule has 14 heavy (non-hydrogen) atoms. The fourth-order valence-corrected chi connectivity index (χ4v) is 1.79. The average Bonchev–Trinajstić information content (AvgIpc) is 2.16. The molecule has 76 valence electrons. The van der Waals surface area contributed by atoms with E-state index in [0.29, 0.717) is 6.04 Å². The molecule has 1 heterocycles. The van der Waals surface area contributed by atoms with Crippen LogP contribution in [0.25, 0.3) is 0 Å². The molecule has 0 aromatic carbocycles. The van der Waals surface area contributed by atoms with Gasteiger partial charge in [0.25, 0.3) is 0 Å². The van der Waals surface area contributed by atoms with E-state index in [4.69, 9.17) is 5.11 Å². The molecule has 2 N–H and O–H groups in total. The molecule has 0 atom stereocenters. The number of aliphatic hydroxyl groups is 1. The molecule has 4 nitrogen and oxygen atoms in total. The van der Waals surface area contributed by atoms with Crippen LogP contribution in [0.2, 0.25) is 0 Å². The predicted molar refractivity (Wildman–Crippen MR) is 56.5 cm³/mol. The van der Waals surface area contributed by atoms with E-state index in [1.807, 2.05) is 12.3 Å². The summed E-state index contributed by atoms with van der Waals surface area (Å²) in [4.78, 5) is 8.38. The van der Waals surface area contributed by atoms with Gasteiger partial charge >= 0.3 is 0 Å². The summed E-state index contributed by atoms with van der Waals surface area (Å²) in [7, 11) is 0. The summed E-state index contributed by atoms with van der Waals surface area (Å²) in [5.41, 5.74) is 0. The first kappa shape index (κ1) is 9.73. The lowest BCUT2D eigenvalue weighted by Gasteiger charge is -2.32. The molecule has 0 aliphatic heterocycles. The molecule has 1 aliphatic rings. The lowest BCUT2D eigenvalue weighted by molar-refractivity contribution is 0.0835. The zero-order valence-corrected chi connectivity index (χ0v) is 8.79. The average molecular weight is 211 g/mol. The Kier molecular flexibility index (Phi) is 2.88. The van der Waals surface area contributed by atoms with E-state index >= 15 is 0 Å². The van der Waals surface area contributed by atoms with E-state index < -0.39 is 0 Å². The van der Waals surface area contributed by atoms with Gasteiger partial charge in [0.2, 0.25) is 0 Å². The van der Waals surface area contributed by atoms with Crippen molar-refractivity contribution in [2.45, 2.75) is 30.1 Å². The second-order valence-electron chi connectivity index (χ2n) is 3.40. The zero-order chi connectivity index (χ0) is 9.97. The highest BCUT2D eigenvalue weighted by molar-refractivity contribution is 7.98. The monoisotopic (exact) mass is 211 g/mol. The van der Waals surface area contributed by atoms with Crippen LogP contribution in [0.15, 0.2) is 17.4 Å². The minimum Gasteiger partial charge on any atom is -0.393 e. The van der Waals surface area contributed by atoms with Crippen LogP contribution in [-0.2, 0) is 0 Å². The number of hydrogen-bond donors (Lipinski definition) is 2. The van der Waals surface area contributed by atoms with Gasteiger partial charge in [-0.15, -0.1) is 0 Å². The third-order valence-electron chi connectivity index (χ3n) is 2.28. The van der Waals surface area contributed by atoms with Crippen LogP contribution in [0, 0.1) is 0 Å². The quantitative estimate of drug-likeness (QED) is 0.580. The molecule has 1 aromatic heterocycles. The minimum atomic E-state index is -0.130. The molecule has 1 saturated carbocycles. The second-order valence-corrected chi connectivity index (χ2v) is 4.17. The van der Waals surface area contributed by atoms with Gasteiger partial charge in [-0.2, -0.15) is 0 Å². The summed E-state index contributed by atoms with van der Waals surface area (Å²) < 4.78 is 0. The Bertz CT molecular complexity index is 315. The van der Waals surface area contributed by atoms with Gasteiger partial charge in [0.15, 0.2) is 5.16 Å². The van der Waals surface area contributed by atoms with Crippen molar-refractivity contribution in [1.29, 1.82) is 0 Å². The Balaban J connectivity index is 1.95. The molecule has 0 saturated heterocycles. The largest absolute Gasteiger partial charge is 0.393 e. The first-order chi connectivity index (χ1) is 6.78. The highest BCUT2D eigenvalue weighted by Gasteiger charge is 2.27. The number of aliphatic hydroxyl groups excluding tert-OH is 1. The van der Waals surface area contributed by atoms with E-state index in [0.717, 1.165) is 23.8 Å². The lowest BCUT2D eigenvalue weighted by atomic mass is 9.89. The van der Waals surface area contributed by atoms with E-state index in [-0.39, 0.29) is 6.10 Å². The van der Waals surface area contributed by atoms with Crippen LogP contribution >= 0.6 is 11.8 Å². The van der Waals surface area contributed by atoms with E-state index in [2.05, 4.69) is 15.3 Å². The van der Waals surface area contributed by atoms with Crippen molar-refractivity contribution in [3.8, 4) is 0 Å². The number of anilines is 1. The van der Waals surface area contributed by atoms with Gasteiger partial charge in [0.1, 0.15) is 5.82 Å². The normalized spacial score (nSPS) is 25.6. The molecule has 1 aliphatic carbocycles. The van der Waals surface area contributed by atoms with Crippen molar-refractivity contribution in [1.82, 2.24) is 9.97 Å².